The lowest BCUT2D eigenvalue weighted by molar-refractivity contribution is 0.105. The highest BCUT2D eigenvalue weighted by atomic mass is 35.5. The van der Waals surface area contributed by atoms with E-state index in [0.29, 0.717) is 18.4 Å². The topological polar surface area (TPSA) is 35.8 Å². The first kappa shape index (κ1) is 16.3. The molecule has 0 aliphatic heterocycles. The predicted molar refractivity (Wildman–Crippen MR) is 88.0 cm³/mol. The minimum absolute atomic E-state index is 0.233. The summed E-state index contributed by atoms with van der Waals surface area (Å²) in [5.74, 6) is 0.585. The van der Waals surface area contributed by atoms with Gasteiger partial charge in [-0.15, -0.1) is 0 Å². The Hall–Kier alpha value is -1.04. The Labute approximate surface area is 133 Å². The number of nitrogens with one attached hydrogen (secondary N) is 1. The third kappa shape index (κ3) is 3.99. The quantitative estimate of drug-likeness (QED) is 0.837. The van der Waals surface area contributed by atoms with Gasteiger partial charge in [-0.05, 0) is 48.6 Å². The summed E-state index contributed by atoms with van der Waals surface area (Å²) >= 11 is 6.19. The van der Waals surface area contributed by atoms with Crippen molar-refractivity contribution in [3.63, 3.8) is 0 Å². The van der Waals surface area contributed by atoms with Crippen LogP contribution in [0.2, 0.25) is 5.02 Å². The van der Waals surface area contributed by atoms with Crippen molar-refractivity contribution >= 4 is 11.6 Å². The van der Waals surface area contributed by atoms with Crippen LogP contribution in [0.4, 0.5) is 0 Å². The van der Waals surface area contributed by atoms with E-state index in [4.69, 9.17) is 16.9 Å². The predicted octanol–water partition coefficient (Wildman–Crippen LogP) is 4.93. The summed E-state index contributed by atoms with van der Waals surface area (Å²) in [6, 6.07) is 11.0. The maximum atomic E-state index is 9.10. The standard InChI is InChI=1S/C18H25ClN2/c1-14(2)18(11-12-20)9-7-16(8-10-18)21-13-15-5-3-4-6-17(15)19/h3-6,14,16,21H,7-11,13H2,1-2H3/t16-,18-. The zero-order valence-corrected chi connectivity index (χ0v) is 13.8. The van der Waals surface area contributed by atoms with Gasteiger partial charge in [-0.1, -0.05) is 43.6 Å². The first-order valence-electron chi connectivity index (χ1n) is 7.91. The van der Waals surface area contributed by atoms with E-state index in [1.165, 1.54) is 0 Å². The van der Waals surface area contributed by atoms with Gasteiger partial charge in [0.05, 0.1) is 6.07 Å². The van der Waals surface area contributed by atoms with Crippen molar-refractivity contribution in [3.8, 4) is 6.07 Å². The second-order valence-corrected chi connectivity index (χ2v) is 7.01. The van der Waals surface area contributed by atoms with Gasteiger partial charge < -0.3 is 5.32 Å². The Morgan fingerprint density at radius 3 is 2.57 bits per heavy atom. The third-order valence-corrected chi connectivity index (χ3v) is 5.54. The van der Waals surface area contributed by atoms with Crippen LogP contribution in [0.15, 0.2) is 24.3 Å². The molecule has 114 valence electrons. The van der Waals surface area contributed by atoms with Crippen LogP contribution in [0.25, 0.3) is 0 Å². The van der Waals surface area contributed by atoms with E-state index in [1.54, 1.807) is 0 Å². The van der Waals surface area contributed by atoms with Crippen LogP contribution in [-0.4, -0.2) is 6.04 Å². The molecular weight excluding hydrogens is 280 g/mol. The Morgan fingerprint density at radius 2 is 2.00 bits per heavy atom. The molecule has 3 heteroatoms. The van der Waals surface area contributed by atoms with E-state index < -0.39 is 0 Å². The largest absolute Gasteiger partial charge is 0.310 e. The molecule has 1 fully saturated rings. The Morgan fingerprint density at radius 1 is 1.33 bits per heavy atom. The van der Waals surface area contributed by atoms with E-state index >= 15 is 0 Å². The molecule has 1 saturated carbocycles. The molecule has 0 bridgehead atoms. The van der Waals surface area contributed by atoms with Crippen molar-refractivity contribution < 1.29 is 0 Å². The van der Waals surface area contributed by atoms with Crippen molar-refractivity contribution in [1.82, 2.24) is 5.32 Å². The molecule has 2 rings (SSSR count). The number of benzene rings is 1. The molecule has 1 aromatic carbocycles. The van der Waals surface area contributed by atoms with Gasteiger partial charge >= 0.3 is 0 Å². The zero-order valence-electron chi connectivity index (χ0n) is 13.0. The summed E-state index contributed by atoms with van der Waals surface area (Å²) in [5.41, 5.74) is 1.40. The molecule has 0 amide bonds. The molecule has 0 radical (unpaired) electrons. The van der Waals surface area contributed by atoms with Crippen LogP contribution in [0.5, 0.6) is 0 Å². The van der Waals surface area contributed by atoms with Gasteiger partial charge in [-0.25, -0.2) is 0 Å². The van der Waals surface area contributed by atoms with Crippen LogP contribution >= 0.6 is 11.6 Å². The monoisotopic (exact) mass is 304 g/mol. The number of halogens is 1. The van der Waals surface area contributed by atoms with Gasteiger partial charge in [0.2, 0.25) is 0 Å². The second kappa shape index (κ2) is 7.29. The molecular formula is C18H25ClN2. The maximum Gasteiger partial charge on any atom is 0.0627 e. The summed E-state index contributed by atoms with van der Waals surface area (Å²) in [5, 5.41) is 13.6. The van der Waals surface area contributed by atoms with Gasteiger partial charge in [0, 0.05) is 24.0 Å². The molecule has 21 heavy (non-hydrogen) atoms. The zero-order chi connectivity index (χ0) is 15.3. The number of nitrogens with zero attached hydrogens (tertiary/aromatic N) is 1. The second-order valence-electron chi connectivity index (χ2n) is 6.60. The van der Waals surface area contributed by atoms with Crippen molar-refractivity contribution in [2.75, 3.05) is 0 Å². The molecule has 0 spiro atoms. The molecule has 1 aliphatic rings. The lowest BCUT2D eigenvalue weighted by Crippen LogP contribution is -2.39. The average molecular weight is 305 g/mol. The minimum atomic E-state index is 0.233. The highest BCUT2D eigenvalue weighted by Gasteiger charge is 2.37. The van der Waals surface area contributed by atoms with Gasteiger partial charge in [0.25, 0.3) is 0 Å². The lowest BCUT2D eigenvalue weighted by Gasteiger charge is -2.42. The molecule has 0 atom stereocenters. The number of hydrogen-bond donors (Lipinski definition) is 1. The summed E-state index contributed by atoms with van der Waals surface area (Å²) in [6.45, 7) is 5.35. The average Bonchev–Trinajstić information content (AvgIpc) is 2.48. The highest BCUT2D eigenvalue weighted by Crippen LogP contribution is 2.45. The fraction of sp³-hybridized carbons (Fsp3) is 0.611. The van der Waals surface area contributed by atoms with Crippen LogP contribution in [0.1, 0.15) is 51.5 Å². The normalized spacial score (nSPS) is 25.8. The highest BCUT2D eigenvalue weighted by molar-refractivity contribution is 6.31. The Balaban J connectivity index is 1.87. The lowest BCUT2D eigenvalue weighted by atomic mass is 9.64. The minimum Gasteiger partial charge on any atom is -0.310 e. The van der Waals surface area contributed by atoms with Gasteiger partial charge in [0.1, 0.15) is 0 Å². The summed E-state index contributed by atoms with van der Waals surface area (Å²) in [4.78, 5) is 0. The van der Waals surface area contributed by atoms with E-state index in [-0.39, 0.29) is 5.41 Å². The molecule has 0 heterocycles. The Kier molecular flexibility index (Phi) is 5.67. The molecule has 1 aliphatic carbocycles. The van der Waals surface area contributed by atoms with E-state index in [1.807, 2.05) is 18.2 Å². The summed E-state index contributed by atoms with van der Waals surface area (Å²) in [6.07, 6.45) is 5.31. The number of rotatable bonds is 5. The van der Waals surface area contributed by atoms with E-state index in [9.17, 15) is 0 Å². The van der Waals surface area contributed by atoms with Crippen LogP contribution in [0.3, 0.4) is 0 Å². The molecule has 0 aromatic heterocycles. The van der Waals surface area contributed by atoms with Crippen molar-refractivity contribution in [1.29, 1.82) is 5.26 Å². The van der Waals surface area contributed by atoms with Crippen LogP contribution in [0, 0.1) is 22.7 Å². The fourth-order valence-corrected chi connectivity index (χ4v) is 3.61. The third-order valence-electron chi connectivity index (χ3n) is 5.18. The molecule has 2 nitrogen and oxygen atoms in total. The van der Waals surface area contributed by atoms with Gasteiger partial charge in [-0.2, -0.15) is 5.26 Å². The van der Waals surface area contributed by atoms with Crippen molar-refractivity contribution in [3.05, 3.63) is 34.9 Å². The van der Waals surface area contributed by atoms with E-state index in [0.717, 1.165) is 42.8 Å². The molecule has 1 aromatic rings. The van der Waals surface area contributed by atoms with Crippen molar-refractivity contribution in [2.45, 2.75) is 58.5 Å². The first-order chi connectivity index (χ1) is 10.1. The van der Waals surface area contributed by atoms with Gasteiger partial charge in [-0.3, -0.25) is 0 Å². The van der Waals surface area contributed by atoms with Crippen LogP contribution < -0.4 is 5.32 Å². The van der Waals surface area contributed by atoms with E-state index in [2.05, 4.69) is 31.3 Å². The molecule has 1 N–H and O–H groups in total. The first-order valence-corrected chi connectivity index (χ1v) is 8.29. The molecule has 0 unspecified atom stereocenters. The number of hydrogen-bond acceptors (Lipinski definition) is 2. The Bertz CT molecular complexity index is 496. The van der Waals surface area contributed by atoms with Crippen molar-refractivity contribution in [2.24, 2.45) is 11.3 Å². The smallest absolute Gasteiger partial charge is 0.0627 e. The number of nitriles is 1. The SMILES string of the molecule is CC(C)[C@]1(CC#N)CC[C@@H](NCc2ccccc2Cl)CC1. The fourth-order valence-electron chi connectivity index (χ4n) is 3.41. The van der Waals surface area contributed by atoms with Crippen LogP contribution in [-0.2, 0) is 6.54 Å². The summed E-state index contributed by atoms with van der Waals surface area (Å²) < 4.78 is 0. The molecule has 0 saturated heterocycles. The summed E-state index contributed by atoms with van der Waals surface area (Å²) in [7, 11) is 0. The maximum absolute atomic E-state index is 9.10. The van der Waals surface area contributed by atoms with Gasteiger partial charge in [0.15, 0.2) is 0 Å².